The zero-order valence-corrected chi connectivity index (χ0v) is 15.8. The zero-order chi connectivity index (χ0) is 18.8. The molecule has 2 atom stereocenters. The van der Waals surface area contributed by atoms with Gasteiger partial charge in [-0.3, -0.25) is 4.79 Å². The van der Waals surface area contributed by atoms with Crippen LogP contribution in [-0.4, -0.2) is 34.0 Å². The predicted octanol–water partition coefficient (Wildman–Crippen LogP) is 4.51. The van der Waals surface area contributed by atoms with Crippen LogP contribution >= 0.6 is 11.6 Å². The molecule has 0 bridgehead atoms. The Morgan fingerprint density at radius 1 is 1.22 bits per heavy atom. The maximum absolute atomic E-state index is 12.5. The second-order valence-corrected chi connectivity index (χ2v) is 7.41. The largest absolute Gasteiger partial charge is 0.341 e. The van der Waals surface area contributed by atoms with Gasteiger partial charge in [-0.1, -0.05) is 66.1 Å². The van der Waals surface area contributed by atoms with Crippen molar-refractivity contribution in [2.75, 3.05) is 13.1 Å². The van der Waals surface area contributed by atoms with E-state index in [9.17, 15) is 4.79 Å². The highest BCUT2D eigenvalue weighted by Gasteiger charge is 2.35. The molecule has 4 rings (SSSR count). The average molecular weight is 382 g/mol. The fraction of sp³-hybridized carbons (Fsp3) is 0.286. The number of likely N-dealkylation sites (tertiary alicyclic amines) is 1. The molecule has 5 nitrogen and oxygen atoms in total. The van der Waals surface area contributed by atoms with Crippen molar-refractivity contribution in [1.82, 2.24) is 15.0 Å². The molecule has 0 spiro atoms. The van der Waals surface area contributed by atoms with Crippen molar-refractivity contribution in [1.29, 1.82) is 0 Å². The van der Waals surface area contributed by atoms with Crippen LogP contribution in [0.5, 0.6) is 0 Å². The molecule has 0 aliphatic carbocycles. The molecule has 1 aliphatic rings. The summed E-state index contributed by atoms with van der Waals surface area (Å²) in [5.74, 6) is 1.34. The summed E-state index contributed by atoms with van der Waals surface area (Å²) < 4.78 is 5.45. The van der Waals surface area contributed by atoms with Crippen molar-refractivity contribution in [3.63, 3.8) is 0 Å². The van der Waals surface area contributed by atoms with Crippen LogP contribution in [0, 0.1) is 0 Å². The van der Waals surface area contributed by atoms with Gasteiger partial charge in [0.2, 0.25) is 17.6 Å². The Morgan fingerprint density at radius 3 is 2.81 bits per heavy atom. The lowest BCUT2D eigenvalue weighted by Crippen LogP contribution is -2.29. The highest BCUT2D eigenvalue weighted by atomic mass is 35.5. The Labute approximate surface area is 163 Å². The van der Waals surface area contributed by atoms with Gasteiger partial charge in [-0.25, -0.2) is 0 Å². The average Bonchev–Trinajstić information content (AvgIpc) is 3.30. The van der Waals surface area contributed by atoms with Gasteiger partial charge in [-0.15, -0.1) is 0 Å². The minimum Gasteiger partial charge on any atom is -0.341 e. The van der Waals surface area contributed by atoms with E-state index in [1.807, 2.05) is 35.2 Å². The van der Waals surface area contributed by atoms with Crippen LogP contribution in [0.2, 0.25) is 5.02 Å². The van der Waals surface area contributed by atoms with Crippen LogP contribution in [0.25, 0.3) is 11.4 Å². The Hall–Kier alpha value is -2.66. The van der Waals surface area contributed by atoms with E-state index < -0.39 is 0 Å². The molecule has 3 aromatic rings. The Kier molecular flexibility index (Phi) is 4.94. The Morgan fingerprint density at radius 2 is 2.04 bits per heavy atom. The van der Waals surface area contributed by atoms with Gasteiger partial charge in [0, 0.05) is 30.1 Å². The van der Waals surface area contributed by atoms with Crippen LogP contribution in [-0.2, 0) is 4.79 Å². The van der Waals surface area contributed by atoms with Gasteiger partial charge < -0.3 is 9.42 Å². The highest BCUT2D eigenvalue weighted by molar-refractivity contribution is 6.30. The smallest absolute Gasteiger partial charge is 0.232 e. The first-order valence-corrected chi connectivity index (χ1v) is 9.40. The third-order valence-electron chi connectivity index (χ3n) is 4.95. The summed E-state index contributed by atoms with van der Waals surface area (Å²) in [6.45, 7) is 3.43. The lowest BCUT2D eigenvalue weighted by atomic mass is 10.0. The fourth-order valence-corrected chi connectivity index (χ4v) is 3.67. The quantitative estimate of drug-likeness (QED) is 0.652. The summed E-state index contributed by atoms with van der Waals surface area (Å²) in [7, 11) is 0. The van der Waals surface area contributed by atoms with Crippen LogP contribution in [0.4, 0.5) is 0 Å². The van der Waals surface area contributed by atoms with Crippen LogP contribution in [0.15, 0.2) is 59.1 Å². The van der Waals surface area contributed by atoms with Gasteiger partial charge >= 0.3 is 0 Å². The maximum Gasteiger partial charge on any atom is 0.232 e. The molecule has 2 aromatic carbocycles. The van der Waals surface area contributed by atoms with Crippen LogP contribution in [0.3, 0.4) is 0 Å². The third-order valence-corrected chi connectivity index (χ3v) is 5.19. The summed E-state index contributed by atoms with van der Waals surface area (Å²) in [4.78, 5) is 18.9. The number of benzene rings is 2. The van der Waals surface area contributed by atoms with Gasteiger partial charge in [0.15, 0.2) is 0 Å². The number of nitrogens with zero attached hydrogens (tertiary/aromatic N) is 3. The molecule has 0 radical (unpaired) electrons. The summed E-state index contributed by atoms with van der Waals surface area (Å²) >= 11 is 6.03. The number of rotatable bonds is 5. The number of carbonyl (C=O) groups is 1. The van der Waals surface area contributed by atoms with Gasteiger partial charge in [0.1, 0.15) is 0 Å². The molecule has 1 fully saturated rings. The molecule has 1 saturated heterocycles. The topological polar surface area (TPSA) is 59.2 Å². The second kappa shape index (κ2) is 7.53. The van der Waals surface area contributed by atoms with E-state index in [4.69, 9.17) is 16.1 Å². The summed E-state index contributed by atoms with van der Waals surface area (Å²) in [5.41, 5.74) is 2.03. The molecule has 2 heterocycles. The fourth-order valence-electron chi connectivity index (χ4n) is 3.48. The van der Waals surface area contributed by atoms with Crippen molar-refractivity contribution in [2.45, 2.75) is 25.2 Å². The molecule has 27 heavy (non-hydrogen) atoms. The van der Waals surface area contributed by atoms with E-state index in [-0.39, 0.29) is 17.7 Å². The normalized spacial score (nSPS) is 18.1. The monoisotopic (exact) mass is 381 g/mol. The molecule has 0 saturated carbocycles. The molecule has 2 unspecified atom stereocenters. The maximum atomic E-state index is 12.5. The SMILES string of the molecule is CC(CN1CC(c2nc(-c3cccc(Cl)c3)no2)CC1=O)c1ccccc1. The molecule has 0 N–H and O–H groups in total. The van der Waals surface area contributed by atoms with Gasteiger partial charge in [-0.2, -0.15) is 4.98 Å². The highest BCUT2D eigenvalue weighted by Crippen LogP contribution is 2.30. The number of carbonyl (C=O) groups excluding carboxylic acids is 1. The number of amides is 1. The number of hydrogen-bond acceptors (Lipinski definition) is 4. The lowest BCUT2D eigenvalue weighted by Gasteiger charge is -2.21. The molecular formula is C21H20ClN3O2. The predicted molar refractivity (Wildman–Crippen MR) is 104 cm³/mol. The summed E-state index contributed by atoms with van der Waals surface area (Å²) in [6, 6.07) is 17.6. The minimum atomic E-state index is -0.0686. The standard InChI is InChI=1S/C21H20ClN3O2/c1-14(15-6-3-2-4-7-15)12-25-13-17(11-19(25)26)21-23-20(24-27-21)16-8-5-9-18(22)10-16/h2-10,14,17H,11-13H2,1H3. The molecule has 1 aromatic heterocycles. The first-order valence-electron chi connectivity index (χ1n) is 9.02. The first kappa shape index (κ1) is 17.7. The van der Waals surface area contributed by atoms with Gasteiger partial charge in [0.05, 0.1) is 5.92 Å². The third kappa shape index (κ3) is 3.88. The van der Waals surface area contributed by atoms with Gasteiger partial charge in [0.25, 0.3) is 0 Å². The van der Waals surface area contributed by atoms with E-state index in [0.29, 0.717) is 36.2 Å². The molecule has 1 amide bonds. The summed E-state index contributed by atoms with van der Waals surface area (Å²) in [6.07, 6.45) is 0.401. The lowest BCUT2D eigenvalue weighted by molar-refractivity contribution is -0.127. The van der Waals surface area contributed by atoms with E-state index in [0.717, 1.165) is 5.56 Å². The summed E-state index contributed by atoms with van der Waals surface area (Å²) in [5, 5.41) is 4.68. The Bertz CT molecular complexity index is 941. The van der Waals surface area contributed by atoms with E-state index in [1.165, 1.54) is 5.56 Å². The number of halogens is 1. The second-order valence-electron chi connectivity index (χ2n) is 6.98. The van der Waals surface area contributed by atoms with Gasteiger partial charge in [-0.05, 0) is 23.6 Å². The van der Waals surface area contributed by atoms with Crippen molar-refractivity contribution >= 4 is 17.5 Å². The molecular weight excluding hydrogens is 362 g/mol. The first-order chi connectivity index (χ1) is 13.1. The minimum absolute atomic E-state index is 0.0686. The molecule has 6 heteroatoms. The van der Waals surface area contributed by atoms with Crippen molar-refractivity contribution in [3.8, 4) is 11.4 Å². The van der Waals surface area contributed by atoms with Crippen molar-refractivity contribution in [2.24, 2.45) is 0 Å². The molecule has 1 aliphatic heterocycles. The van der Waals surface area contributed by atoms with Crippen LogP contribution < -0.4 is 0 Å². The van der Waals surface area contributed by atoms with E-state index in [2.05, 4.69) is 29.2 Å². The van der Waals surface area contributed by atoms with Crippen LogP contribution in [0.1, 0.15) is 36.6 Å². The van der Waals surface area contributed by atoms with Crippen molar-refractivity contribution < 1.29 is 9.32 Å². The Balaban J connectivity index is 1.45. The van der Waals surface area contributed by atoms with Crippen molar-refractivity contribution in [3.05, 3.63) is 71.1 Å². The number of hydrogen-bond donors (Lipinski definition) is 0. The molecule has 138 valence electrons. The zero-order valence-electron chi connectivity index (χ0n) is 15.0. The van der Waals surface area contributed by atoms with E-state index in [1.54, 1.807) is 12.1 Å². The van der Waals surface area contributed by atoms with E-state index >= 15 is 0 Å². The number of aromatic nitrogens is 2.